The van der Waals surface area contributed by atoms with E-state index in [4.69, 9.17) is 9.47 Å². The number of esters is 1. The standard InChI is InChI=1S/C19H24N2O5/c1-20-6-7-21(11-17(20)22)18(23)14-8-15(19(24)25-2)10-16(9-14)26-12-13-4-3-5-13/h8-10,13H,3-7,11-12H2,1-2H3. The molecule has 1 aromatic rings. The molecule has 26 heavy (non-hydrogen) atoms. The summed E-state index contributed by atoms with van der Waals surface area (Å²) in [5.41, 5.74) is 0.594. The molecule has 1 saturated carbocycles. The summed E-state index contributed by atoms with van der Waals surface area (Å²) < 4.78 is 10.6. The second kappa shape index (κ2) is 7.76. The number of methoxy groups -OCH3 is 1. The van der Waals surface area contributed by atoms with Gasteiger partial charge in [-0.25, -0.2) is 4.79 Å². The van der Waals surface area contributed by atoms with E-state index in [1.54, 1.807) is 24.1 Å². The zero-order valence-electron chi connectivity index (χ0n) is 15.2. The van der Waals surface area contributed by atoms with Crippen molar-refractivity contribution in [3.8, 4) is 5.75 Å². The molecule has 0 atom stereocenters. The second-order valence-corrected chi connectivity index (χ2v) is 6.89. The molecule has 0 unspecified atom stereocenters. The number of hydrogen-bond donors (Lipinski definition) is 0. The quantitative estimate of drug-likeness (QED) is 0.745. The minimum absolute atomic E-state index is 0.0377. The van der Waals surface area contributed by atoms with E-state index in [2.05, 4.69) is 0 Å². The van der Waals surface area contributed by atoms with Gasteiger partial charge in [-0.3, -0.25) is 9.59 Å². The van der Waals surface area contributed by atoms with Crippen LogP contribution in [0.5, 0.6) is 5.75 Å². The van der Waals surface area contributed by atoms with Crippen LogP contribution in [-0.4, -0.2) is 68.0 Å². The molecule has 2 aliphatic rings. The summed E-state index contributed by atoms with van der Waals surface area (Å²) in [5, 5.41) is 0. The van der Waals surface area contributed by atoms with Gasteiger partial charge in [-0.05, 0) is 37.0 Å². The maximum Gasteiger partial charge on any atom is 0.338 e. The van der Waals surface area contributed by atoms with Gasteiger partial charge in [0.1, 0.15) is 12.3 Å². The van der Waals surface area contributed by atoms with Crippen LogP contribution < -0.4 is 4.74 Å². The molecule has 0 spiro atoms. The first-order chi connectivity index (χ1) is 12.5. The van der Waals surface area contributed by atoms with Crippen molar-refractivity contribution in [2.75, 3.05) is 40.4 Å². The lowest BCUT2D eigenvalue weighted by Crippen LogP contribution is -2.50. The van der Waals surface area contributed by atoms with Crippen LogP contribution in [0.15, 0.2) is 18.2 Å². The second-order valence-electron chi connectivity index (χ2n) is 6.89. The third-order valence-electron chi connectivity index (χ3n) is 5.03. The largest absolute Gasteiger partial charge is 0.493 e. The van der Waals surface area contributed by atoms with Gasteiger partial charge in [0.2, 0.25) is 5.91 Å². The van der Waals surface area contributed by atoms with E-state index in [1.165, 1.54) is 24.5 Å². The normalized spacial score (nSPS) is 17.7. The lowest BCUT2D eigenvalue weighted by atomic mass is 9.86. The summed E-state index contributed by atoms with van der Waals surface area (Å²) in [4.78, 5) is 39.7. The van der Waals surface area contributed by atoms with Gasteiger partial charge in [-0.1, -0.05) is 6.42 Å². The molecule has 0 N–H and O–H groups in total. The number of amides is 2. The number of rotatable bonds is 5. The summed E-state index contributed by atoms with van der Waals surface area (Å²) in [6.07, 6.45) is 3.51. The molecule has 1 aliphatic heterocycles. The SMILES string of the molecule is COC(=O)c1cc(OCC2CCC2)cc(C(=O)N2CCN(C)C(=O)C2)c1. The summed E-state index contributed by atoms with van der Waals surface area (Å²) in [6.45, 7) is 1.56. The molecule has 0 bridgehead atoms. The molecular formula is C19H24N2O5. The maximum atomic E-state index is 12.8. The van der Waals surface area contributed by atoms with Crippen molar-refractivity contribution in [1.29, 1.82) is 0 Å². The molecular weight excluding hydrogens is 336 g/mol. The van der Waals surface area contributed by atoms with Gasteiger partial charge in [0.05, 0.1) is 19.3 Å². The van der Waals surface area contributed by atoms with Crippen LogP contribution in [0.3, 0.4) is 0 Å². The van der Waals surface area contributed by atoms with E-state index < -0.39 is 5.97 Å². The first-order valence-corrected chi connectivity index (χ1v) is 8.87. The fourth-order valence-electron chi connectivity index (χ4n) is 3.03. The molecule has 0 aromatic heterocycles. The van der Waals surface area contributed by atoms with Crippen molar-refractivity contribution in [1.82, 2.24) is 9.80 Å². The molecule has 140 valence electrons. The first-order valence-electron chi connectivity index (χ1n) is 8.87. The Balaban J connectivity index is 1.80. The highest BCUT2D eigenvalue weighted by Crippen LogP contribution is 2.28. The van der Waals surface area contributed by atoms with E-state index in [-0.39, 0.29) is 23.9 Å². The van der Waals surface area contributed by atoms with Crippen molar-refractivity contribution in [2.24, 2.45) is 5.92 Å². The van der Waals surface area contributed by atoms with Crippen molar-refractivity contribution < 1.29 is 23.9 Å². The third-order valence-corrected chi connectivity index (χ3v) is 5.03. The highest BCUT2D eigenvalue weighted by molar-refractivity contribution is 6.00. The zero-order chi connectivity index (χ0) is 18.7. The van der Waals surface area contributed by atoms with Crippen molar-refractivity contribution >= 4 is 17.8 Å². The Hall–Kier alpha value is -2.57. The van der Waals surface area contributed by atoms with E-state index in [1.807, 2.05) is 0 Å². The summed E-state index contributed by atoms with van der Waals surface area (Å²) >= 11 is 0. The van der Waals surface area contributed by atoms with Crippen LogP contribution in [0.25, 0.3) is 0 Å². The van der Waals surface area contributed by atoms with Crippen molar-refractivity contribution in [2.45, 2.75) is 19.3 Å². The lowest BCUT2D eigenvalue weighted by Gasteiger charge is -2.32. The smallest absolute Gasteiger partial charge is 0.338 e. The Labute approximate surface area is 152 Å². The van der Waals surface area contributed by atoms with Crippen molar-refractivity contribution in [3.05, 3.63) is 29.3 Å². The minimum atomic E-state index is -0.525. The number of carbonyl (C=O) groups is 3. The van der Waals surface area contributed by atoms with Crippen LogP contribution in [0, 0.1) is 5.92 Å². The molecule has 1 aromatic carbocycles. The molecule has 7 nitrogen and oxygen atoms in total. The fraction of sp³-hybridized carbons (Fsp3) is 0.526. The topological polar surface area (TPSA) is 76.2 Å². The Morgan fingerprint density at radius 2 is 1.88 bits per heavy atom. The zero-order valence-corrected chi connectivity index (χ0v) is 15.2. The summed E-state index contributed by atoms with van der Waals surface area (Å²) in [5.74, 6) is 0.0956. The molecule has 7 heteroatoms. The number of piperazine rings is 1. The van der Waals surface area contributed by atoms with E-state index >= 15 is 0 Å². The highest BCUT2D eigenvalue weighted by Gasteiger charge is 2.27. The van der Waals surface area contributed by atoms with Crippen LogP contribution in [0.2, 0.25) is 0 Å². The number of hydrogen-bond acceptors (Lipinski definition) is 5. The Morgan fingerprint density at radius 1 is 1.15 bits per heavy atom. The molecule has 3 rings (SSSR count). The Kier molecular flexibility index (Phi) is 5.44. The van der Waals surface area contributed by atoms with Gasteiger partial charge in [0, 0.05) is 25.7 Å². The molecule has 2 amide bonds. The molecule has 2 fully saturated rings. The van der Waals surface area contributed by atoms with Crippen LogP contribution in [0.4, 0.5) is 0 Å². The van der Waals surface area contributed by atoms with Gasteiger partial charge >= 0.3 is 5.97 Å². The molecule has 1 saturated heterocycles. The van der Waals surface area contributed by atoms with Crippen LogP contribution >= 0.6 is 0 Å². The molecule has 0 radical (unpaired) electrons. The lowest BCUT2D eigenvalue weighted by molar-refractivity contribution is -0.133. The minimum Gasteiger partial charge on any atom is -0.493 e. The maximum absolute atomic E-state index is 12.8. The molecule has 1 aliphatic carbocycles. The van der Waals surface area contributed by atoms with Gasteiger partial charge in [0.25, 0.3) is 5.91 Å². The van der Waals surface area contributed by atoms with E-state index in [9.17, 15) is 14.4 Å². The van der Waals surface area contributed by atoms with Crippen molar-refractivity contribution in [3.63, 3.8) is 0 Å². The highest BCUT2D eigenvalue weighted by atomic mass is 16.5. The third kappa shape index (κ3) is 3.98. The number of carbonyl (C=O) groups excluding carboxylic acids is 3. The number of benzene rings is 1. The average Bonchev–Trinajstić information content (AvgIpc) is 2.61. The molecule has 1 heterocycles. The van der Waals surface area contributed by atoms with Crippen LogP contribution in [-0.2, 0) is 9.53 Å². The number of ether oxygens (including phenoxy) is 2. The number of likely N-dealkylation sites (N-methyl/N-ethyl adjacent to an activating group) is 1. The predicted molar refractivity (Wildman–Crippen MR) is 94.2 cm³/mol. The van der Waals surface area contributed by atoms with E-state index in [0.29, 0.717) is 36.9 Å². The first kappa shape index (κ1) is 18.2. The van der Waals surface area contributed by atoms with E-state index in [0.717, 1.165) is 12.8 Å². The van der Waals surface area contributed by atoms with Gasteiger partial charge < -0.3 is 19.3 Å². The predicted octanol–water partition coefficient (Wildman–Crippen LogP) is 1.57. The number of nitrogens with zero attached hydrogens (tertiary/aromatic N) is 2. The van der Waals surface area contributed by atoms with Gasteiger partial charge in [0.15, 0.2) is 0 Å². The Bertz CT molecular complexity index is 714. The Morgan fingerprint density at radius 3 is 2.50 bits per heavy atom. The monoisotopic (exact) mass is 360 g/mol. The summed E-state index contributed by atoms with van der Waals surface area (Å²) in [6, 6.07) is 4.72. The van der Waals surface area contributed by atoms with Gasteiger partial charge in [-0.2, -0.15) is 0 Å². The van der Waals surface area contributed by atoms with Crippen LogP contribution in [0.1, 0.15) is 40.0 Å². The van der Waals surface area contributed by atoms with Gasteiger partial charge in [-0.15, -0.1) is 0 Å². The average molecular weight is 360 g/mol. The summed E-state index contributed by atoms with van der Waals surface area (Å²) in [7, 11) is 3.01. The fourth-order valence-corrected chi connectivity index (χ4v) is 3.03.